The molecule has 1 aromatic carbocycles. The van der Waals surface area contributed by atoms with E-state index in [0.29, 0.717) is 16.8 Å². The number of nitrogens with zero attached hydrogens (tertiary/aromatic N) is 2. The zero-order valence-corrected chi connectivity index (χ0v) is 14.8. The van der Waals surface area contributed by atoms with E-state index >= 15 is 0 Å². The van der Waals surface area contributed by atoms with Crippen LogP contribution in [0.5, 0.6) is 5.75 Å². The Labute approximate surface area is 149 Å². The molecule has 4 rings (SSSR count). The van der Waals surface area contributed by atoms with Crippen molar-refractivity contribution >= 4 is 16.9 Å². The van der Waals surface area contributed by atoms with Gasteiger partial charge < -0.3 is 13.9 Å². The average molecular weight is 350 g/mol. The highest BCUT2D eigenvalue weighted by atomic mass is 16.5. The van der Waals surface area contributed by atoms with Crippen LogP contribution in [0.3, 0.4) is 0 Å². The van der Waals surface area contributed by atoms with Gasteiger partial charge in [0.2, 0.25) is 0 Å². The van der Waals surface area contributed by atoms with Gasteiger partial charge in [0.15, 0.2) is 0 Å². The first-order chi connectivity index (χ1) is 12.4. The second-order valence-corrected chi connectivity index (χ2v) is 6.68. The molecule has 0 fully saturated rings. The van der Waals surface area contributed by atoms with E-state index in [9.17, 15) is 14.4 Å². The van der Waals surface area contributed by atoms with Gasteiger partial charge in [0, 0.05) is 37.3 Å². The van der Waals surface area contributed by atoms with Crippen LogP contribution >= 0.6 is 0 Å². The van der Waals surface area contributed by atoms with Crippen molar-refractivity contribution < 1.29 is 9.53 Å². The third-order valence-electron chi connectivity index (χ3n) is 5.15. The SMILES string of the molecule is Cc1cc2c(c(=O)n1C)[C@H](c1cc3ccccc3n(C)c1=O)CC(=O)O2. The van der Waals surface area contributed by atoms with E-state index in [4.69, 9.17) is 4.74 Å². The molecule has 0 bridgehead atoms. The van der Waals surface area contributed by atoms with Crippen molar-refractivity contribution in [2.24, 2.45) is 14.1 Å². The second kappa shape index (κ2) is 5.69. The van der Waals surface area contributed by atoms with Crippen molar-refractivity contribution in [1.82, 2.24) is 9.13 Å². The molecule has 0 radical (unpaired) electrons. The smallest absolute Gasteiger partial charge is 0.312 e. The van der Waals surface area contributed by atoms with Gasteiger partial charge >= 0.3 is 5.97 Å². The zero-order valence-electron chi connectivity index (χ0n) is 14.8. The minimum Gasteiger partial charge on any atom is -0.426 e. The van der Waals surface area contributed by atoms with Gasteiger partial charge in [-0.1, -0.05) is 18.2 Å². The molecule has 0 N–H and O–H groups in total. The molecular weight excluding hydrogens is 332 g/mol. The molecular formula is C20H18N2O4. The standard InChI is InChI=1S/C20H18N2O4/c1-11-8-16-18(20(25)21(11)2)13(10-17(23)26-16)14-9-12-6-4-5-7-15(12)22(3)19(14)24/h4-9,13H,10H2,1-3H3/t13-/m0/s1. The Hall–Kier alpha value is -3.15. The number of esters is 1. The van der Waals surface area contributed by atoms with Crippen LogP contribution in [0.1, 0.15) is 29.2 Å². The van der Waals surface area contributed by atoms with Crippen molar-refractivity contribution in [3.63, 3.8) is 0 Å². The van der Waals surface area contributed by atoms with E-state index in [1.54, 1.807) is 37.7 Å². The van der Waals surface area contributed by atoms with Crippen LogP contribution in [0.4, 0.5) is 0 Å². The topological polar surface area (TPSA) is 70.3 Å². The fraction of sp³-hybridized carbons (Fsp3) is 0.250. The fourth-order valence-corrected chi connectivity index (χ4v) is 3.61. The van der Waals surface area contributed by atoms with Gasteiger partial charge in [0.25, 0.3) is 11.1 Å². The predicted molar refractivity (Wildman–Crippen MR) is 97.7 cm³/mol. The quantitative estimate of drug-likeness (QED) is 0.629. The highest BCUT2D eigenvalue weighted by molar-refractivity contribution is 5.81. The molecule has 0 saturated carbocycles. The molecule has 26 heavy (non-hydrogen) atoms. The summed E-state index contributed by atoms with van der Waals surface area (Å²) in [4.78, 5) is 37.9. The van der Waals surface area contributed by atoms with Crippen molar-refractivity contribution in [2.75, 3.05) is 0 Å². The molecule has 6 heteroatoms. The fourth-order valence-electron chi connectivity index (χ4n) is 3.61. The van der Waals surface area contributed by atoms with Gasteiger partial charge in [0.05, 0.1) is 17.5 Å². The number of carbonyl (C=O) groups is 1. The van der Waals surface area contributed by atoms with Crippen molar-refractivity contribution in [2.45, 2.75) is 19.3 Å². The van der Waals surface area contributed by atoms with Gasteiger partial charge in [-0.05, 0) is 24.4 Å². The van der Waals surface area contributed by atoms with Crippen molar-refractivity contribution in [3.05, 3.63) is 73.9 Å². The molecule has 0 aliphatic carbocycles. The molecule has 1 atom stereocenters. The third kappa shape index (κ3) is 2.29. The molecule has 2 aromatic heterocycles. The summed E-state index contributed by atoms with van der Waals surface area (Å²) in [5.41, 5.74) is 1.84. The molecule has 0 amide bonds. The van der Waals surface area contributed by atoms with E-state index < -0.39 is 11.9 Å². The number of fused-ring (bicyclic) bond motifs is 2. The van der Waals surface area contributed by atoms with Crippen molar-refractivity contribution in [1.29, 1.82) is 0 Å². The lowest BCUT2D eigenvalue weighted by atomic mass is 9.87. The summed E-state index contributed by atoms with van der Waals surface area (Å²) in [7, 11) is 3.37. The van der Waals surface area contributed by atoms with Crippen molar-refractivity contribution in [3.8, 4) is 5.75 Å². The van der Waals surface area contributed by atoms with E-state index in [1.165, 1.54) is 4.57 Å². The number of hydrogen-bond acceptors (Lipinski definition) is 4. The summed E-state index contributed by atoms with van der Waals surface area (Å²) in [5, 5.41) is 0.883. The van der Waals surface area contributed by atoms with Crippen LogP contribution in [0.15, 0.2) is 46.0 Å². The second-order valence-electron chi connectivity index (χ2n) is 6.68. The highest BCUT2D eigenvalue weighted by Crippen LogP contribution is 2.36. The summed E-state index contributed by atoms with van der Waals surface area (Å²) in [6, 6.07) is 11.0. The average Bonchev–Trinajstić information content (AvgIpc) is 2.62. The van der Waals surface area contributed by atoms with E-state index in [2.05, 4.69) is 0 Å². The number of hydrogen-bond donors (Lipinski definition) is 0. The Morgan fingerprint density at radius 3 is 2.50 bits per heavy atom. The number of ether oxygens (including phenoxy) is 1. The Morgan fingerprint density at radius 1 is 1.00 bits per heavy atom. The van der Waals surface area contributed by atoms with Gasteiger partial charge in [-0.3, -0.25) is 14.4 Å². The van der Waals surface area contributed by atoms with Crippen LogP contribution in [0.25, 0.3) is 10.9 Å². The van der Waals surface area contributed by atoms with Crippen LogP contribution in [0, 0.1) is 6.92 Å². The van der Waals surface area contributed by atoms with Gasteiger partial charge in [-0.15, -0.1) is 0 Å². The summed E-state index contributed by atoms with van der Waals surface area (Å²) in [5.74, 6) is -0.804. The zero-order chi connectivity index (χ0) is 18.6. The maximum absolute atomic E-state index is 13.0. The maximum atomic E-state index is 13.0. The predicted octanol–water partition coefficient (Wildman–Crippen LogP) is 1.99. The first-order valence-corrected chi connectivity index (χ1v) is 8.38. The molecule has 1 aliphatic rings. The minimum absolute atomic E-state index is 0.0289. The number of benzene rings is 1. The van der Waals surface area contributed by atoms with Crippen LogP contribution < -0.4 is 15.9 Å². The Morgan fingerprint density at radius 2 is 1.73 bits per heavy atom. The van der Waals surface area contributed by atoms with Crippen LogP contribution in [0.2, 0.25) is 0 Å². The normalized spacial score (nSPS) is 16.4. The molecule has 6 nitrogen and oxygen atoms in total. The largest absolute Gasteiger partial charge is 0.426 e. The molecule has 3 heterocycles. The number of pyridine rings is 2. The first-order valence-electron chi connectivity index (χ1n) is 8.38. The Balaban J connectivity index is 2.04. The Kier molecular flexibility index (Phi) is 3.57. The van der Waals surface area contributed by atoms with Gasteiger partial charge in [0.1, 0.15) is 5.75 Å². The monoisotopic (exact) mass is 350 g/mol. The highest BCUT2D eigenvalue weighted by Gasteiger charge is 2.34. The number of rotatable bonds is 1. The summed E-state index contributed by atoms with van der Waals surface area (Å²) in [6.45, 7) is 1.77. The van der Waals surface area contributed by atoms with E-state index in [1.807, 2.05) is 24.3 Å². The number of aryl methyl sites for hydroxylation is 2. The minimum atomic E-state index is -0.617. The molecule has 132 valence electrons. The number of aromatic nitrogens is 2. The lowest BCUT2D eigenvalue weighted by molar-refractivity contribution is -0.135. The number of para-hydroxylation sites is 1. The van der Waals surface area contributed by atoms with Gasteiger partial charge in [-0.2, -0.15) is 0 Å². The summed E-state index contributed by atoms with van der Waals surface area (Å²) >= 11 is 0. The van der Waals surface area contributed by atoms with E-state index in [-0.39, 0.29) is 23.3 Å². The van der Waals surface area contributed by atoms with Gasteiger partial charge in [-0.25, -0.2) is 0 Å². The van der Waals surface area contributed by atoms with Crippen LogP contribution in [-0.4, -0.2) is 15.1 Å². The summed E-state index contributed by atoms with van der Waals surface area (Å²) < 4.78 is 8.37. The molecule has 0 saturated heterocycles. The molecule has 0 spiro atoms. The van der Waals surface area contributed by atoms with Crippen LogP contribution in [-0.2, 0) is 18.9 Å². The lowest BCUT2D eigenvalue weighted by Gasteiger charge is -2.25. The molecule has 0 unspecified atom stereocenters. The summed E-state index contributed by atoms with van der Waals surface area (Å²) in [6.07, 6.45) is -0.0289. The first kappa shape index (κ1) is 16.3. The maximum Gasteiger partial charge on any atom is 0.312 e. The van der Waals surface area contributed by atoms with E-state index in [0.717, 1.165) is 10.9 Å². The molecule has 1 aliphatic heterocycles. The third-order valence-corrected chi connectivity index (χ3v) is 5.15. The Bertz CT molecular complexity index is 1190. The lowest BCUT2D eigenvalue weighted by Crippen LogP contribution is -2.35. The molecule has 3 aromatic rings. The number of carbonyl (C=O) groups excluding carboxylic acids is 1.